The number of amides is 1. The van der Waals surface area contributed by atoms with E-state index >= 15 is 0 Å². The zero-order valence-corrected chi connectivity index (χ0v) is 12.0. The Morgan fingerprint density at radius 2 is 2.05 bits per heavy atom. The van der Waals surface area contributed by atoms with Gasteiger partial charge in [0.15, 0.2) is 5.75 Å². The highest BCUT2D eigenvalue weighted by atomic mass is 35.5. The zero-order chi connectivity index (χ0) is 14.9. The minimum absolute atomic E-state index is 0.222. The van der Waals surface area contributed by atoms with Crippen molar-refractivity contribution in [2.45, 2.75) is 18.4 Å². The van der Waals surface area contributed by atoms with E-state index in [1.165, 1.54) is 19.2 Å². The predicted octanol–water partition coefficient (Wildman–Crippen LogP) is 2.94. The van der Waals surface area contributed by atoms with Gasteiger partial charge in [-0.3, -0.25) is 10.1 Å². The predicted molar refractivity (Wildman–Crippen MR) is 73.0 cm³/mol. The third-order valence-corrected chi connectivity index (χ3v) is 3.46. The van der Waals surface area contributed by atoms with Gasteiger partial charge < -0.3 is 10.1 Å². The van der Waals surface area contributed by atoms with Crippen molar-refractivity contribution in [2.75, 3.05) is 19.0 Å². The van der Waals surface area contributed by atoms with Gasteiger partial charge in [-0.25, -0.2) is 8.78 Å². The van der Waals surface area contributed by atoms with Gasteiger partial charge in [-0.2, -0.15) is 0 Å². The van der Waals surface area contributed by atoms with Crippen LogP contribution in [0.5, 0.6) is 5.75 Å². The first kappa shape index (κ1) is 15.3. The molecule has 1 atom stereocenters. The van der Waals surface area contributed by atoms with Crippen molar-refractivity contribution in [3.63, 3.8) is 0 Å². The Hall–Kier alpha value is -1.11. The smallest absolute Gasteiger partial charge is 0.262 e. The number of hydrogen-bond acceptors (Lipinski definition) is 3. The number of rotatable bonds is 3. The van der Waals surface area contributed by atoms with Crippen molar-refractivity contribution in [3.8, 4) is 5.75 Å². The molecule has 110 valence electrons. The second kappa shape index (κ2) is 5.71. The van der Waals surface area contributed by atoms with E-state index in [9.17, 15) is 13.6 Å². The van der Waals surface area contributed by atoms with E-state index in [4.69, 9.17) is 27.9 Å². The number of halogens is 4. The van der Waals surface area contributed by atoms with Gasteiger partial charge in [0.05, 0.1) is 29.7 Å². The van der Waals surface area contributed by atoms with Crippen LogP contribution in [-0.4, -0.2) is 31.5 Å². The Labute approximate surface area is 124 Å². The zero-order valence-electron chi connectivity index (χ0n) is 10.5. The Morgan fingerprint density at radius 1 is 1.45 bits per heavy atom. The van der Waals surface area contributed by atoms with Gasteiger partial charge in [0.25, 0.3) is 5.92 Å². The summed E-state index contributed by atoms with van der Waals surface area (Å²) in [5.41, 5.74) is 0.322. The molecule has 2 rings (SSSR count). The standard InChI is InChI=1S/C12H12Cl2F2N2O2/c1-20-10-7(13)2-6(3-8(10)14)18-11(19)9-4-12(15,16)5-17-9/h2-3,9,17H,4-5H2,1H3,(H,18,19). The average Bonchev–Trinajstić information content (AvgIpc) is 2.69. The largest absolute Gasteiger partial charge is 0.494 e. The van der Waals surface area contributed by atoms with Crippen LogP contribution in [0, 0.1) is 0 Å². The molecule has 2 N–H and O–H groups in total. The quantitative estimate of drug-likeness (QED) is 0.898. The summed E-state index contributed by atoms with van der Waals surface area (Å²) in [5.74, 6) is -3.13. The van der Waals surface area contributed by atoms with Gasteiger partial charge in [-0.15, -0.1) is 0 Å². The Balaban J connectivity index is 2.09. The summed E-state index contributed by atoms with van der Waals surface area (Å²) in [4.78, 5) is 11.9. The summed E-state index contributed by atoms with van der Waals surface area (Å²) in [6.45, 7) is -0.505. The van der Waals surface area contributed by atoms with Crippen LogP contribution >= 0.6 is 23.2 Å². The van der Waals surface area contributed by atoms with Gasteiger partial charge in [-0.05, 0) is 12.1 Å². The minimum atomic E-state index is -2.86. The monoisotopic (exact) mass is 324 g/mol. The number of nitrogens with one attached hydrogen (secondary N) is 2. The Kier molecular flexibility index (Phi) is 4.36. The van der Waals surface area contributed by atoms with E-state index in [0.29, 0.717) is 5.69 Å². The fourth-order valence-electron chi connectivity index (χ4n) is 1.96. The molecule has 1 unspecified atom stereocenters. The first-order valence-corrected chi connectivity index (χ1v) is 6.53. The first-order chi connectivity index (χ1) is 9.32. The summed E-state index contributed by atoms with van der Waals surface area (Å²) in [6, 6.07) is 1.94. The number of carbonyl (C=O) groups excluding carboxylic acids is 1. The molecule has 8 heteroatoms. The second-order valence-corrected chi connectivity index (χ2v) is 5.27. The molecular weight excluding hydrogens is 313 g/mol. The number of ether oxygens (including phenoxy) is 1. The normalized spacial score (nSPS) is 20.8. The SMILES string of the molecule is COc1c(Cl)cc(NC(=O)C2CC(F)(F)CN2)cc1Cl. The summed E-state index contributed by atoms with van der Waals surface area (Å²) in [5, 5.41) is 5.41. The van der Waals surface area contributed by atoms with Crippen LogP contribution in [0.3, 0.4) is 0 Å². The van der Waals surface area contributed by atoms with E-state index in [0.717, 1.165) is 0 Å². The van der Waals surface area contributed by atoms with E-state index in [2.05, 4.69) is 10.6 Å². The molecule has 1 heterocycles. The molecule has 1 amide bonds. The lowest BCUT2D eigenvalue weighted by atomic mass is 10.2. The lowest BCUT2D eigenvalue weighted by Gasteiger charge is -2.13. The number of alkyl halides is 2. The van der Waals surface area contributed by atoms with E-state index in [-0.39, 0.29) is 15.8 Å². The molecule has 1 aliphatic rings. The molecule has 1 aliphatic heterocycles. The maximum Gasteiger partial charge on any atom is 0.262 e. The van der Waals surface area contributed by atoms with Crippen molar-refractivity contribution >= 4 is 34.8 Å². The van der Waals surface area contributed by atoms with Gasteiger partial charge in [0, 0.05) is 12.1 Å². The molecular formula is C12H12Cl2F2N2O2. The highest BCUT2D eigenvalue weighted by Gasteiger charge is 2.42. The minimum Gasteiger partial charge on any atom is -0.494 e. The molecule has 0 aromatic heterocycles. The number of benzene rings is 1. The number of hydrogen-bond donors (Lipinski definition) is 2. The maximum atomic E-state index is 13.0. The lowest BCUT2D eigenvalue weighted by molar-refractivity contribution is -0.118. The topological polar surface area (TPSA) is 50.4 Å². The van der Waals surface area contributed by atoms with Crippen molar-refractivity contribution in [3.05, 3.63) is 22.2 Å². The van der Waals surface area contributed by atoms with E-state index in [1.54, 1.807) is 0 Å². The number of carbonyl (C=O) groups is 1. The number of methoxy groups -OCH3 is 1. The van der Waals surface area contributed by atoms with E-state index in [1.807, 2.05) is 0 Å². The van der Waals surface area contributed by atoms with Crippen LogP contribution in [0.2, 0.25) is 10.0 Å². The third-order valence-electron chi connectivity index (χ3n) is 2.90. The molecule has 0 radical (unpaired) electrons. The molecule has 0 aliphatic carbocycles. The molecule has 1 aromatic carbocycles. The highest BCUT2D eigenvalue weighted by molar-refractivity contribution is 6.37. The fraction of sp³-hybridized carbons (Fsp3) is 0.417. The van der Waals surface area contributed by atoms with Crippen molar-refractivity contribution in [2.24, 2.45) is 0 Å². The molecule has 0 bridgehead atoms. The lowest BCUT2D eigenvalue weighted by Crippen LogP contribution is -2.35. The van der Waals surface area contributed by atoms with Crippen LogP contribution in [0.4, 0.5) is 14.5 Å². The van der Waals surface area contributed by atoms with Gasteiger partial charge in [0.1, 0.15) is 0 Å². The summed E-state index contributed by atoms with van der Waals surface area (Å²) >= 11 is 11.9. The fourth-order valence-corrected chi connectivity index (χ4v) is 2.60. The number of anilines is 1. The molecule has 0 saturated carbocycles. The Morgan fingerprint density at radius 3 is 2.50 bits per heavy atom. The molecule has 1 aromatic rings. The summed E-state index contributed by atoms with van der Waals surface area (Å²) in [7, 11) is 1.41. The first-order valence-electron chi connectivity index (χ1n) is 5.77. The van der Waals surface area contributed by atoms with Gasteiger partial charge in [-0.1, -0.05) is 23.2 Å². The van der Waals surface area contributed by atoms with E-state index < -0.39 is 30.8 Å². The third kappa shape index (κ3) is 3.31. The van der Waals surface area contributed by atoms with Crippen LogP contribution in [-0.2, 0) is 4.79 Å². The second-order valence-electron chi connectivity index (χ2n) is 4.46. The summed E-state index contributed by atoms with van der Waals surface area (Å²) < 4.78 is 31.0. The van der Waals surface area contributed by atoms with Crippen molar-refractivity contribution in [1.29, 1.82) is 0 Å². The van der Waals surface area contributed by atoms with Crippen LogP contribution < -0.4 is 15.4 Å². The molecule has 1 fully saturated rings. The van der Waals surface area contributed by atoms with Crippen LogP contribution in [0.25, 0.3) is 0 Å². The molecule has 20 heavy (non-hydrogen) atoms. The van der Waals surface area contributed by atoms with Crippen molar-refractivity contribution in [1.82, 2.24) is 5.32 Å². The van der Waals surface area contributed by atoms with Gasteiger partial charge >= 0.3 is 0 Å². The maximum absolute atomic E-state index is 13.0. The van der Waals surface area contributed by atoms with Crippen LogP contribution in [0.15, 0.2) is 12.1 Å². The van der Waals surface area contributed by atoms with Crippen molar-refractivity contribution < 1.29 is 18.3 Å². The van der Waals surface area contributed by atoms with Gasteiger partial charge in [0.2, 0.25) is 5.91 Å². The molecule has 4 nitrogen and oxygen atoms in total. The average molecular weight is 325 g/mol. The Bertz CT molecular complexity index is 517. The molecule has 1 saturated heterocycles. The summed E-state index contributed by atoms with van der Waals surface area (Å²) in [6.07, 6.45) is -0.531. The molecule has 0 spiro atoms. The highest BCUT2D eigenvalue weighted by Crippen LogP contribution is 2.36. The van der Waals surface area contributed by atoms with Crippen LogP contribution in [0.1, 0.15) is 6.42 Å².